The summed E-state index contributed by atoms with van der Waals surface area (Å²) in [4.78, 5) is 10.6. The molecule has 1 rings (SSSR count). The summed E-state index contributed by atoms with van der Waals surface area (Å²) in [5, 5.41) is 9.02. The number of carbonyl (C=O) groups is 1. The highest BCUT2D eigenvalue weighted by Gasteiger charge is 2.13. The SMILES string of the molecule is Cc1cc(Cl)c(C(=O)O)c(Cl)c1. The van der Waals surface area contributed by atoms with Gasteiger partial charge in [0.15, 0.2) is 0 Å². The smallest absolute Gasteiger partial charge is 0.338 e. The molecule has 64 valence electrons. The first kappa shape index (κ1) is 9.36. The Morgan fingerprint density at radius 1 is 1.33 bits per heavy atom. The van der Waals surface area contributed by atoms with Crippen LogP contribution < -0.4 is 0 Å². The quantitative estimate of drug-likeness (QED) is 0.764. The molecule has 2 nitrogen and oxygen atoms in total. The Labute approximate surface area is 79.7 Å². The minimum Gasteiger partial charge on any atom is -0.478 e. The number of carboxylic acids is 1. The number of aryl methyl sites for hydroxylation is 1. The average molecular weight is 205 g/mol. The number of benzene rings is 1. The Morgan fingerprint density at radius 2 is 1.75 bits per heavy atom. The number of rotatable bonds is 1. The summed E-state index contributed by atoms with van der Waals surface area (Å²) in [6.45, 7) is 1.80. The zero-order valence-electron chi connectivity index (χ0n) is 6.27. The molecule has 0 saturated carbocycles. The number of hydrogen-bond donors (Lipinski definition) is 1. The van der Waals surface area contributed by atoms with Crippen molar-refractivity contribution >= 4 is 29.2 Å². The van der Waals surface area contributed by atoms with E-state index in [1.54, 1.807) is 19.1 Å². The summed E-state index contributed by atoms with van der Waals surface area (Å²) >= 11 is 11.3. The lowest BCUT2D eigenvalue weighted by Gasteiger charge is -2.02. The molecular formula is C8H6Cl2O2. The molecule has 0 atom stereocenters. The van der Waals surface area contributed by atoms with Gasteiger partial charge in [0.1, 0.15) is 0 Å². The maximum absolute atomic E-state index is 10.6. The maximum Gasteiger partial charge on any atom is 0.338 e. The molecular weight excluding hydrogens is 199 g/mol. The van der Waals surface area contributed by atoms with Crippen molar-refractivity contribution in [1.82, 2.24) is 0 Å². The molecule has 0 aliphatic rings. The average Bonchev–Trinajstić information content (AvgIpc) is 1.82. The van der Waals surface area contributed by atoms with Crippen LogP contribution in [0.2, 0.25) is 10.0 Å². The molecule has 12 heavy (non-hydrogen) atoms. The maximum atomic E-state index is 10.6. The van der Waals surface area contributed by atoms with E-state index in [1.165, 1.54) is 0 Å². The zero-order chi connectivity index (χ0) is 9.30. The minimum atomic E-state index is -1.11. The van der Waals surface area contributed by atoms with Crippen LogP contribution in [0.15, 0.2) is 12.1 Å². The molecule has 1 aromatic rings. The normalized spacial score (nSPS) is 9.92. The van der Waals surface area contributed by atoms with E-state index in [2.05, 4.69) is 0 Å². The van der Waals surface area contributed by atoms with Gasteiger partial charge in [-0.05, 0) is 24.6 Å². The molecule has 0 aromatic heterocycles. The van der Waals surface area contributed by atoms with E-state index in [0.717, 1.165) is 5.56 Å². The van der Waals surface area contributed by atoms with Crippen LogP contribution in [0.25, 0.3) is 0 Å². The Balaban J connectivity index is 3.38. The van der Waals surface area contributed by atoms with Crippen molar-refractivity contribution in [2.45, 2.75) is 6.92 Å². The first-order valence-electron chi connectivity index (χ1n) is 3.21. The van der Waals surface area contributed by atoms with Crippen LogP contribution in [0.5, 0.6) is 0 Å². The van der Waals surface area contributed by atoms with Crippen LogP contribution >= 0.6 is 23.2 Å². The number of halogens is 2. The topological polar surface area (TPSA) is 37.3 Å². The zero-order valence-corrected chi connectivity index (χ0v) is 7.78. The number of carboxylic acid groups (broad SMARTS) is 1. The van der Waals surface area contributed by atoms with E-state index in [-0.39, 0.29) is 15.6 Å². The van der Waals surface area contributed by atoms with Crippen molar-refractivity contribution in [3.8, 4) is 0 Å². The fourth-order valence-corrected chi connectivity index (χ4v) is 1.66. The molecule has 4 heteroatoms. The van der Waals surface area contributed by atoms with Gasteiger partial charge in [0.25, 0.3) is 0 Å². The summed E-state index contributed by atoms with van der Waals surface area (Å²) in [6.07, 6.45) is 0. The predicted octanol–water partition coefficient (Wildman–Crippen LogP) is 3.00. The molecule has 0 unspecified atom stereocenters. The van der Waals surface area contributed by atoms with Gasteiger partial charge in [-0.25, -0.2) is 4.79 Å². The highest BCUT2D eigenvalue weighted by atomic mass is 35.5. The van der Waals surface area contributed by atoms with Gasteiger partial charge in [-0.3, -0.25) is 0 Å². The van der Waals surface area contributed by atoms with Gasteiger partial charge in [-0.15, -0.1) is 0 Å². The lowest BCUT2D eigenvalue weighted by molar-refractivity contribution is 0.0697. The molecule has 0 amide bonds. The van der Waals surface area contributed by atoms with E-state index < -0.39 is 5.97 Å². The molecule has 0 saturated heterocycles. The van der Waals surface area contributed by atoms with Crippen LogP contribution in [0.3, 0.4) is 0 Å². The van der Waals surface area contributed by atoms with Crippen molar-refractivity contribution in [2.24, 2.45) is 0 Å². The van der Waals surface area contributed by atoms with Crippen LogP contribution in [0.4, 0.5) is 0 Å². The summed E-state index contributed by atoms with van der Waals surface area (Å²) < 4.78 is 0. The van der Waals surface area contributed by atoms with Crippen molar-refractivity contribution in [1.29, 1.82) is 0 Å². The third kappa shape index (κ3) is 1.71. The first-order valence-corrected chi connectivity index (χ1v) is 3.97. The molecule has 0 spiro atoms. The Morgan fingerprint density at radius 3 is 2.08 bits per heavy atom. The van der Waals surface area contributed by atoms with E-state index >= 15 is 0 Å². The van der Waals surface area contributed by atoms with Gasteiger partial charge in [0, 0.05) is 0 Å². The standard InChI is InChI=1S/C8H6Cl2O2/c1-4-2-5(9)7(8(11)12)6(10)3-4/h2-3H,1H3,(H,11,12). The lowest BCUT2D eigenvalue weighted by Crippen LogP contribution is -1.98. The molecule has 1 aromatic carbocycles. The van der Waals surface area contributed by atoms with Crippen molar-refractivity contribution in [3.05, 3.63) is 33.3 Å². The summed E-state index contributed by atoms with van der Waals surface area (Å²) in [5.74, 6) is -1.11. The highest BCUT2D eigenvalue weighted by Crippen LogP contribution is 2.25. The summed E-state index contributed by atoms with van der Waals surface area (Å²) in [5.41, 5.74) is 0.805. The molecule has 0 fully saturated rings. The van der Waals surface area contributed by atoms with Crippen molar-refractivity contribution in [3.63, 3.8) is 0 Å². The molecule has 0 aliphatic carbocycles. The third-order valence-corrected chi connectivity index (χ3v) is 2.00. The van der Waals surface area contributed by atoms with Crippen molar-refractivity contribution < 1.29 is 9.90 Å². The van der Waals surface area contributed by atoms with Gasteiger partial charge in [-0.1, -0.05) is 23.2 Å². The van der Waals surface area contributed by atoms with Gasteiger partial charge in [0.2, 0.25) is 0 Å². The van der Waals surface area contributed by atoms with E-state index in [9.17, 15) is 4.79 Å². The van der Waals surface area contributed by atoms with Gasteiger partial charge in [0.05, 0.1) is 15.6 Å². The van der Waals surface area contributed by atoms with Crippen LogP contribution in [-0.4, -0.2) is 11.1 Å². The van der Waals surface area contributed by atoms with Crippen LogP contribution in [0.1, 0.15) is 15.9 Å². The second-order valence-corrected chi connectivity index (χ2v) is 3.22. The fourth-order valence-electron chi connectivity index (χ4n) is 0.904. The molecule has 0 heterocycles. The Kier molecular flexibility index (Phi) is 2.60. The second kappa shape index (κ2) is 3.33. The largest absolute Gasteiger partial charge is 0.478 e. The lowest BCUT2D eigenvalue weighted by atomic mass is 10.1. The Bertz CT molecular complexity index is 311. The Hall–Kier alpha value is -0.730. The van der Waals surface area contributed by atoms with E-state index in [4.69, 9.17) is 28.3 Å². The van der Waals surface area contributed by atoms with E-state index in [1.807, 2.05) is 0 Å². The molecule has 0 bridgehead atoms. The van der Waals surface area contributed by atoms with Crippen LogP contribution in [-0.2, 0) is 0 Å². The fraction of sp³-hybridized carbons (Fsp3) is 0.125. The summed E-state index contributed by atoms with van der Waals surface area (Å²) in [7, 11) is 0. The first-order chi connectivity index (χ1) is 5.52. The molecule has 0 radical (unpaired) electrons. The highest BCUT2D eigenvalue weighted by molar-refractivity contribution is 6.39. The third-order valence-electron chi connectivity index (χ3n) is 1.40. The van der Waals surface area contributed by atoms with Gasteiger partial charge < -0.3 is 5.11 Å². The second-order valence-electron chi connectivity index (χ2n) is 2.41. The van der Waals surface area contributed by atoms with Crippen LogP contribution in [0, 0.1) is 6.92 Å². The monoisotopic (exact) mass is 204 g/mol. The van der Waals surface area contributed by atoms with Gasteiger partial charge in [-0.2, -0.15) is 0 Å². The summed E-state index contributed by atoms with van der Waals surface area (Å²) in [6, 6.07) is 3.13. The number of hydrogen-bond acceptors (Lipinski definition) is 1. The number of aromatic carboxylic acids is 1. The van der Waals surface area contributed by atoms with E-state index in [0.29, 0.717) is 0 Å². The molecule has 0 aliphatic heterocycles. The molecule has 1 N–H and O–H groups in total. The van der Waals surface area contributed by atoms with Gasteiger partial charge >= 0.3 is 5.97 Å². The minimum absolute atomic E-state index is 0.0380. The predicted molar refractivity (Wildman–Crippen MR) is 48.2 cm³/mol. The van der Waals surface area contributed by atoms with Crippen molar-refractivity contribution in [2.75, 3.05) is 0 Å².